The summed E-state index contributed by atoms with van der Waals surface area (Å²) < 4.78 is 0. The molecule has 0 amide bonds. The van der Waals surface area contributed by atoms with Crippen molar-refractivity contribution in [1.29, 1.82) is 0 Å². The number of hydrogen-bond donors (Lipinski definition) is 1. The van der Waals surface area contributed by atoms with E-state index in [2.05, 4.69) is 31.1 Å². The van der Waals surface area contributed by atoms with Crippen molar-refractivity contribution in [3.63, 3.8) is 0 Å². The monoisotopic (exact) mass is 198 g/mol. The summed E-state index contributed by atoms with van der Waals surface area (Å²) in [7, 11) is 2.22. The summed E-state index contributed by atoms with van der Waals surface area (Å²) in [5, 5.41) is 3.60. The van der Waals surface area contributed by atoms with Crippen molar-refractivity contribution in [2.75, 3.05) is 20.1 Å². The molecule has 1 heterocycles. The minimum absolute atomic E-state index is 0.689. The first kappa shape index (κ1) is 12.0. The fourth-order valence-corrected chi connectivity index (χ4v) is 2.02. The second kappa shape index (κ2) is 6.41. The summed E-state index contributed by atoms with van der Waals surface area (Å²) in [6.07, 6.45) is 6.90. The van der Waals surface area contributed by atoms with Crippen LogP contribution in [-0.2, 0) is 0 Å². The van der Waals surface area contributed by atoms with Crippen molar-refractivity contribution in [2.24, 2.45) is 0 Å². The number of rotatable bonds is 5. The molecule has 1 N–H and O–H groups in total. The van der Waals surface area contributed by atoms with E-state index in [-0.39, 0.29) is 0 Å². The highest BCUT2D eigenvalue weighted by Crippen LogP contribution is 2.12. The summed E-state index contributed by atoms with van der Waals surface area (Å²) in [5.74, 6) is 0. The molecule has 1 aliphatic heterocycles. The van der Waals surface area contributed by atoms with Crippen molar-refractivity contribution in [3.8, 4) is 0 Å². The Labute approximate surface area is 89.1 Å². The lowest BCUT2D eigenvalue weighted by molar-refractivity contribution is 0.257. The van der Waals surface area contributed by atoms with Gasteiger partial charge >= 0.3 is 0 Å². The van der Waals surface area contributed by atoms with Crippen LogP contribution in [0.5, 0.6) is 0 Å². The first-order valence-electron chi connectivity index (χ1n) is 6.14. The van der Waals surface area contributed by atoms with Crippen molar-refractivity contribution >= 4 is 0 Å². The minimum Gasteiger partial charge on any atom is -0.314 e. The zero-order valence-corrected chi connectivity index (χ0v) is 10.1. The van der Waals surface area contributed by atoms with E-state index in [1.807, 2.05) is 0 Å². The Hall–Kier alpha value is -0.0800. The fraction of sp³-hybridized carbons (Fsp3) is 1.00. The quantitative estimate of drug-likeness (QED) is 0.729. The summed E-state index contributed by atoms with van der Waals surface area (Å²) in [6, 6.07) is 1.50. The van der Waals surface area contributed by atoms with E-state index in [4.69, 9.17) is 0 Å². The third kappa shape index (κ3) is 4.43. The van der Waals surface area contributed by atoms with Gasteiger partial charge in [0.25, 0.3) is 0 Å². The van der Waals surface area contributed by atoms with Crippen molar-refractivity contribution in [3.05, 3.63) is 0 Å². The second-order valence-corrected chi connectivity index (χ2v) is 4.86. The van der Waals surface area contributed by atoms with E-state index < -0.39 is 0 Å². The molecule has 1 aliphatic rings. The molecule has 1 fully saturated rings. The van der Waals surface area contributed by atoms with E-state index in [0.29, 0.717) is 6.04 Å². The summed E-state index contributed by atoms with van der Waals surface area (Å²) in [6.45, 7) is 7.01. The summed E-state index contributed by atoms with van der Waals surface area (Å²) in [4.78, 5) is 2.43. The van der Waals surface area contributed by atoms with Gasteiger partial charge in [-0.25, -0.2) is 0 Å². The molecule has 0 aromatic heterocycles. The SMILES string of the molecule is CC(C)N(C)CCCC1CCCCN1. The van der Waals surface area contributed by atoms with E-state index >= 15 is 0 Å². The average Bonchev–Trinajstić information content (AvgIpc) is 2.19. The van der Waals surface area contributed by atoms with Gasteiger partial charge in [0.05, 0.1) is 0 Å². The third-order valence-corrected chi connectivity index (χ3v) is 3.36. The number of piperidine rings is 1. The largest absolute Gasteiger partial charge is 0.314 e. The molecular formula is C12H26N2. The molecule has 0 aliphatic carbocycles. The molecule has 0 radical (unpaired) electrons. The molecule has 1 saturated heterocycles. The van der Waals surface area contributed by atoms with E-state index in [9.17, 15) is 0 Å². The van der Waals surface area contributed by atoms with Crippen LogP contribution < -0.4 is 5.32 Å². The maximum absolute atomic E-state index is 3.60. The molecule has 0 saturated carbocycles. The molecule has 2 nitrogen and oxygen atoms in total. The van der Waals surface area contributed by atoms with Gasteiger partial charge in [-0.2, -0.15) is 0 Å². The zero-order chi connectivity index (χ0) is 10.4. The van der Waals surface area contributed by atoms with Gasteiger partial charge in [-0.05, 0) is 59.7 Å². The van der Waals surface area contributed by atoms with Crippen LogP contribution >= 0.6 is 0 Å². The maximum atomic E-state index is 3.60. The highest BCUT2D eigenvalue weighted by Gasteiger charge is 2.12. The van der Waals surface area contributed by atoms with Crippen molar-refractivity contribution < 1.29 is 0 Å². The predicted octanol–water partition coefficient (Wildman–Crippen LogP) is 2.25. The Kier molecular flexibility index (Phi) is 5.49. The first-order valence-corrected chi connectivity index (χ1v) is 6.14. The Morgan fingerprint density at radius 3 is 2.71 bits per heavy atom. The zero-order valence-electron chi connectivity index (χ0n) is 10.1. The third-order valence-electron chi connectivity index (χ3n) is 3.36. The molecule has 0 aromatic carbocycles. The van der Waals surface area contributed by atoms with Gasteiger partial charge < -0.3 is 10.2 Å². The van der Waals surface area contributed by atoms with Gasteiger partial charge in [0, 0.05) is 12.1 Å². The Morgan fingerprint density at radius 1 is 1.36 bits per heavy atom. The smallest absolute Gasteiger partial charge is 0.00675 e. The highest BCUT2D eigenvalue weighted by molar-refractivity contribution is 4.72. The van der Waals surface area contributed by atoms with Gasteiger partial charge in [-0.1, -0.05) is 6.42 Å². The van der Waals surface area contributed by atoms with Crippen LogP contribution in [0.25, 0.3) is 0 Å². The lowest BCUT2D eigenvalue weighted by Crippen LogP contribution is -2.35. The van der Waals surface area contributed by atoms with Crippen LogP contribution in [0.3, 0.4) is 0 Å². The molecule has 0 aromatic rings. The molecule has 1 unspecified atom stereocenters. The van der Waals surface area contributed by atoms with Crippen molar-refractivity contribution in [1.82, 2.24) is 10.2 Å². The van der Waals surface area contributed by atoms with E-state index in [1.54, 1.807) is 0 Å². The van der Waals surface area contributed by atoms with Crippen LogP contribution in [0, 0.1) is 0 Å². The highest BCUT2D eigenvalue weighted by atomic mass is 15.1. The predicted molar refractivity (Wildman–Crippen MR) is 62.6 cm³/mol. The van der Waals surface area contributed by atoms with Gasteiger partial charge in [0.2, 0.25) is 0 Å². The lowest BCUT2D eigenvalue weighted by atomic mass is 10.0. The van der Waals surface area contributed by atoms with E-state index in [1.165, 1.54) is 45.2 Å². The van der Waals surface area contributed by atoms with Crippen LogP contribution in [-0.4, -0.2) is 37.1 Å². The summed E-state index contributed by atoms with van der Waals surface area (Å²) >= 11 is 0. The molecule has 14 heavy (non-hydrogen) atoms. The van der Waals surface area contributed by atoms with Gasteiger partial charge in [0.15, 0.2) is 0 Å². The molecule has 84 valence electrons. The topological polar surface area (TPSA) is 15.3 Å². The van der Waals surface area contributed by atoms with Crippen molar-refractivity contribution in [2.45, 2.75) is 58.0 Å². The number of nitrogens with zero attached hydrogens (tertiary/aromatic N) is 1. The Bertz CT molecular complexity index is 139. The van der Waals surface area contributed by atoms with E-state index in [0.717, 1.165) is 6.04 Å². The van der Waals surface area contributed by atoms with Crippen LogP contribution in [0.2, 0.25) is 0 Å². The van der Waals surface area contributed by atoms with Gasteiger partial charge in [-0.15, -0.1) is 0 Å². The normalized spacial score (nSPS) is 23.4. The number of nitrogens with one attached hydrogen (secondary N) is 1. The first-order chi connectivity index (χ1) is 6.70. The van der Waals surface area contributed by atoms with Crippen LogP contribution in [0.15, 0.2) is 0 Å². The molecule has 2 heteroatoms. The average molecular weight is 198 g/mol. The summed E-state index contributed by atoms with van der Waals surface area (Å²) in [5.41, 5.74) is 0. The minimum atomic E-state index is 0.689. The maximum Gasteiger partial charge on any atom is 0.00675 e. The van der Waals surface area contributed by atoms with Gasteiger partial charge in [-0.3, -0.25) is 0 Å². The lowest BCUT2D eigenvalue weighted by Gasteiger charge is -2.25. The number of hydrogen-bond acceptors (Lipinski definition) is 2. The Balaban J connectivity index is 2.02. The Morgan fingerprint density at radius 2 is 2.14 bits per heavy atom. The molecule has 1 atom stereocenters. The van der Waals surface area contributed by atoms with Gasteiger partial charge in [0.1, 0.15) is 0 Å². The molecule has 0 bridgehead atoms. The van der Waals surface area contributed by atoms with Crippen LogP contribution in [0.4, 0.5) is 0 Å². The molecule has 1 rings (SSSR count). The molecular weight excluding hydrogens is 172 g/mol. The molecule has 0 spiro atoms. The fourth-order valence-electron chi connectivity index (χ4n) is 2.02. The standard InChI is InChI=1S/C12H26N2/c1-11(2)14(3)10-6-8-12-7-4-5-9-13-12/h11-13H,4-10H2,1-3H3. The second-order valence-electron chi connectivity index (χ2n) is 4.86. The van der Waals surface area contributed by atoms with Crippen LogP contribution in [0.1, 0.15) is 46.0 Å².